The molecule has 0 bridgehead atoms. The van der Waals surface area contributed by atoms with Crippen molar-refractivity contribution in [3.05, 3.63) is 51.1 Å². The van der Waals surface area contributed by atoms with E-state index in [0.29, 0.717) is 17.1 Å². The van der Waals surface area contributed by atoms with E-state index in [1.807, 2.05) is 25.1 Å². The van der Waals surface area contributed by atoms with Crippen LogP contribution in [0.3, 0.4) is 0 Å². The molecule has 30 heavy (non-hydrogen) atoms. The Morgan fingerprint density at radius 2 is 1.73 bits per heavy atom. The molecule has 2 rings (SSSR count). The number of alkyl halides is 3. The standard InChI is InChI=1S/C19H19Cl3IN3O3S/c1-10-8-12(23)5-6-13(10)24-18(30)26-17(19(20,21)22)25-16(27)11-4-7-14(28-2)15(9-11)29-3/h4-9,17H,1-3H3,(H,25,27)(H2,24,26,30). The van der Waals surface area contributed by atoms with Gasteiger partial charge in [-0.15, -0.1) is 0 Å². The normalized spacial score (nSPS) is 12.0. The van der Waals surface area contributed by atoms with Gasteiger partial charge in [0.15, 0.2) is 16.6 Å². The summed E-state index contributed by atoms with van der Waals surface area (Å²) in [5, 5.41) is 8.69. The number of aryl methyl sites for hydroxylation is 1. The molecule has 1 amide bonds. The first-order valence-corrected chi connectivity index (χ1v) is 11.1. The second-order valence-corrected chi connectivity index (χ2v) is 10.1. The number of amides is 1. The molecule has 0 radical (unpaired) electrons. The van der Waals surface area contributed by atoms with E-state index in [1.165, 1.54) is 20.3 Å². The minimum Gasteiger partial charge on any atom is -0.493 e. The predicted octanol–water partition coefficient (Wildman–Crippen LogP) is 5.03. The molecule has 0 fully saturated rings. The number of methoxy groups -OCH3 is 2. The minimum atomic E-state index is -1.88. The van der Waals surface area contributed by atoms with Crippen molar-refractivity contribution >= 4 is 86.3 Å². The molecule has 2 aromatic carbocycles. The van der Waals surface area contributed by atoms with Crippen molar-refractivity contribution in [1.82, 2.24) is 10.6 Å². The highest BCUT2D eigenvalue weighted by molar-refractivity contribution is 14.1. The number of anilines is 1. The predicted molar refractivity (Wildman–Crippen MR) is 134 cm³/mol. The van der Waals surface area contributed by atoms with Crippen molar-refractivity contribution in [2.75, 3.05) is 19.5 Å². The second kappa shape index (κ2) is 10.9. The molecule has 11 heteroatoms. The van der Waals surface area contributed by atoms with Crippen molar-refractivity contribution in [3.63, 3.8) is 0 Å². The van der Waals surface area contributed by atoms with Crippen LogP contribution in [0, 0.1) is 10.5 Å². The average molecular weight is 603 g/mol. The molecule has 1 atom stereocenters. The fourth-order valence-corrected chi connectivity index (χ4v) is 3.65. The lowest BCUT2D eigenvalue weighted by molar-refractivity contribution is 0.0934. The van der Waals surface area contributed by atoms with Gasteiger partial charge in [0.25, 0.3) is 5.91 Å². The maximum absolute atomic E-state index is 12.7. The smallest absolute Gasteiger partial charge is 0.253 e. The van der Waals surface area contributed by atoms with E-state index in [2.05, 4.69) is 38.5 Å². The molecule has 162 valence electrons. The number of carbonyl (C=O) groups excluding carboxylic acids is 1. The van der Waals surface area contributed by atoms with E-state index in [1.54, 1.807) is 12.1 Å². The Labute approximate surface area is 209 Å². The molecule has 0 saturated carbocycles. The Balaban J connectivity index is 2.14. The van der Waals surface area contributed by atoms with Crippen molar-refractivity contribution in [1.29, 1.82) is 0 Å². The van der Waals surface area contributed by atoms with Crippen LogP contribution in [0.1, 0.15) is 15.9 Å². The molecule has 1 unspecified atom stereocenters. The Morgan fingerprint density at radius 1 is 1.07 bits per heavy atom. The van der Waals surface area contributed by atoms with Gasteiger partial charge in [0, 0.05) is 14.8 Å². The number of nitrogens with one attached hydrogen (secondary N) is 3. The molecule has 0 heterocycles. The molecule has 0 aliphatic rings. The van der Waals surface area contributed by atoms with Crippen LogP contribution in [-0.4, -0.2) is 35.2 Å². The third-order valence-corrected chi connectivity index (χ3v) is 5.51. The summed E-state index contributed by atoms with van der Waals surface area (Å²) in [6.07, 6.45) is -1.10. The highest BCUT2D eigenvalue weighted by Gasteiger charge is 2.35. The van der Waals surface area contributed by atoms with Gasteiger partial charge in [-0.3, -0.25) is 4.79 Å². The van der Waals surface area contributed by atoms with E-state index in [9.17, 15) is 4.79 Å². The van der Waals surface area contributed by atoms with Crippen LogP contribution in [-0.2, 0) is 0 Å². The summed E-state index contributed by atoms with van der Waals surface area (Å²) in [6.45, 7) is 1.94. The van der Waals surface area contributed by atoms with E-state index >= 15 is 0 Å². The van der Waals surface area contributed by atoms with Crippen LogP contribution in [0.5, 0.6) is 11.5 Å². The molecule has 0 aromatic heterocycles. The van der Waals surface area contributed by atoms with Crippen LogP contribution in [0.25, 0.3) is 0 Å². The Kier molecular flexibility index (Phi) is 9.11. The fraction of sp³-hybridized carbons (Fsp3) is 0.263. The zero-order valence-electron chi connectivity index (χ0n) is 16.2. The first-order chi connectivity index (χ1) is 14.0. The third kappa shape index (κ3) is 6.91. The zero-order chi connectivity index (χ0) is 22.5. The average Bonchev–Trinajstić information content (AvgIpc) is 2.68. The van der Waals surface area contributed by atoms with Crippen molar-refractivity contribution < 1.29 is 14.3 Å². The van der Waals surface area contributed by atoms with E-state index < -0.39 is 15.9 Å². The molecule has 0 saturated heterocycles. The lowest BCUT2D eigenvalue weighted by Crippen LogP contribution is -2.56. The monoisotopic (exact) mass is 601 g/mol. The Hall–Kier alpha value is -1.20. The fourth-order valence-electron chi connectivity index (χ4n) is 2.45. The summed E-state index contributed by atoms with van der Waals surface area (Å²) in [5.41, 5.74) is 2.08. The number of halogens is 4. The molecule has 2 aromatic rings. The van der Waals surface area contributed by atoms with Crippen LogP contribution in [0.2, 0.25) is 0 Å². The van der Waals surface area contributed by atoms with Gasteiger partial charge in [-0.2, -0.15) is 0 Å². The van der Waals surface area contributed by atoms with Gasteiger partial charge in [0.05, 0.1) is 14.2 Å². The summed E-state index contributed by atoms with van der Waals surface area (Å²) in [6, 6.07) is 10.5. The van der Waals surface area contributed by atoms with Crippen LogP contribution in [0.4, 0.5) is 5.69 Å². The van der Waals surface area contributed by atoms with Gasteiger partial charge < -0.3 is 25.4 Å². The van der Waals surface area contributed by atoms with Crippen molar-refractivity contribution in [3.8, 4) is 11.5 Å². The van der Waals surface area contributed by atoms with E-state index in [-0.39, 0.29) is 5.11 Å². The highest BCUT2D eigenvalue weighted by atomic mass is 127. The number of benzene rings is 2. The minimum absolute atomic E-state index is 0.184. The molecule has 0 aliphatic carbocycles. The van der Waals surface area contributed by atoms with E-state index in [0.717, 1.165) is 14.8 Å². The quantitative estimate of drug-likeness (QED) is 0.187. The number of thiocarbonyl (C=S) groups is 1. The van der Waals surface area contributed by atoms with Gasteiger partial charge >= 0.3 is 0 Å². The molecular formula is C19H19Cl3IN3O3S. The molecule has 3 N–H and O–H groups in total. The first-order valence-electron chi connectivity index (χ1n) is 8.48. The van der Waals surface area contributed by atoms with Gasteiger partial charge in [-0.25, -0.2) is 0 Å². The SMILES string of the molecule is COc1ccc(C(=O)NC(NC(=S)Nc2ccc(I)cc2C)C(Cl)(Cl)Cl)cc1OC. The number of carbonyl (C=O) groups is 1. The largest absolute Gasteiger partial charge is 0.493 e. The summed E-state index contributed by atoms with van der Waals surface area (Å²) in [7, 11) is 2.98. The molecular weight excluding hydrogens is 584 g/mol. The summed E-state index contributed by atoms with van der Waals surface area (Å²) < 4.78 is 9.61. The molecule has 6 nitrogen and oxygen atoms in total. The summed E-state index contributed by atoms with van der Waals surface area (Å²) in [4.78, 5) is 12.7. The molecule has 0 spiro atoms. The number of ether oxygens (including phenoxy) is 2. The first kappa shape index (κ1) is 25.1. The summed E-state index contributed by atoms with van der Waals surface area (Å²) >= 11 is 25.7. The lowest BCUT2D eigenvalue weighted by atomic mass is 10.2. The Bertz CT molecular complexity index is 941. The van der Waals surface area contributed by atoms with Gasteiger partial charge in [-0.05, 0) is 83.7 Å². The van der Waals surface area contributed by atoms with Gasteiger partial charge in [0.1, 0.15) is 6.17 Å². The van der Waals surface area contributed by atoms with Crippen LogP contribution < -0.4 is 25.4 Å². The van der Waals surface area contributed by atoms with E-state index in [4.69, 9.17) is 56.5 Å². The van der Waals surface area contributed by atoms with Gasteiger partial charge in [0.2, 0.25) is 3.79 Å². The zero-order valence-corrected chi connectivity index (χ0v) is 21.4. The van der Waals surface area contributed by atoms with Crippen molar-refractivity contribution in [2.24, 2.45) is 0 Å². The molecule has 0 aliphatic heterocycles. The second-order valence-electron chi connectivity index (χ2n) is 6.08. The maximum atomic E-state index is 12.7. The number of hydrogen-bond acceptors (Lipinski definition) is 4. The summed E-state index contributed by atoms with van der Waals surface area (Å²) in [5.74, 6) is 0.395. The van der Waals surface area contributed by atoms with Crippen molar-refractivity contribution in [2.45, 2.75) is 16.9 Å². The van der Waals surface area contributed by atoms with Crippen LogP contribution in [0.15, 0.2) is 36.4 Å². The number of hydrogen-bond donors (Lipinski definition) is 3. The van der Waals surface area contributed by atoms with Gasteiger partial charge in [-0.1, -0.05) is 34.8 Å². The third-order valence-electron chi connectivity index (χ3n) is 3.96. The highest BCUT2D eigenvalue weighted by Crippen LogP contribution is 2.31. The number of rotatable bonds is 6. The Morgan fingerprint density at radius 3 is 2.30 bits per heavy atom. The lowest BCUT2D eigenvalue weighted by Gasteiger charge is -2.28. The van der Waals surface area contributed by atoms with Crippen LogP contribution >= 0.6 is 69.6 Å². The topological polar surface area (TPSA) is 71.6 Å². The maximum Gasteiger partial charge on any atom is 0.253 e.